The van der Waals surface area contributed by atoms with E-state index in [-0.39, 0.29) is 6.54 Å². The number of halogens is 2. The molecule has 0 bridgehead atoms. The van der Waals surface area contributed by atoms with E-state index in [1.54, 1.807) is 31.4 Å². The van der Waals surface area contributed by atoms with Gasteiger partial charge in [-0.05, 0) is 24.1 Å². The summed E-state index contributed by atoms with van der Waals surface area (Å²) in [5, 5.41) is 4.14. The monoisotopic (exact) mass is 310 g/mol. The molecule has 0 amide bonds. The van der Waals surface area contributed by atoms with Gasteiger partial charge in [-0.15, -0.1) is 0 Å². The zero-order valence-corrected chi connectivity index (χ0v) is 12.3. The average Bonchev–Trinajstić information content (AvgIpc) is 2.51. The van der Waals surface area contributed by atoms with E-state index < -0.39 is 17.9 Å². The topological polar surface area (TPSA) is 53.4 Å². The van der Waals surface area contributed by atoms with E-state index in [0.717, 1.165) is 10.2 Å². The third-order valence-corrected chi connectivity index (χ3v) is 3.06. The van der Waals surface area contributed by atoms with E-state index in [0.29, 0.717) is 17.9 Å². The molecule has 22 heavy (non-hydrogen) atoms. The number of aromatic nitrogens is 2. The van der Waals surface area contributed by atoms with Crippen molar-refractivity contribution in [1.29, 1.82) is 0 Å². The summed E-state index contributed by atoms with van der Waals surface area (Å²) in [6.07, 6.45) is 0.502. The average molecular weight is 310 g/mol. The van der Waals surface area contributed by atoms with Crippen LogP contribution in [0.1, 0.15) is 18.2 Å². The minimum atomic E-state index is -3.05. The van der Waals surface area contributed by atoms with Crippen LogP contribution in [0.25, 0.3) is 0 Å². The molecule has 0 spiro atoms. The molecule has 0 aliphatic rings. The summed E-state index contributed by atoms with van der Waals surface area (Å²) in [7, 11) is 1.56. The number of nitrogens with zero attached hydrogens (tertiary/aromatic N) is 2. The van der Waals surface area contributed by atoms with Crippen LogP contribution in [-0.4, -0.2) is 23.5 Å². The molecule has 0 aliphatic heterocycles. The Morgan fingerprint density at radius 2 is 1.95 bits per heavy atom. The van der Waals surface area contributed by atoms with Gasteiger partial charge in [-0.25, -0.2) is 4.68 Å². The van der Waals surface area contributed by atoms with Crippen molar-refractivity contribution in [2.75, 3.05) is 7.11 Å². The van der Waals surface area contributed by atoms with Gasteiger partial charge in [-0.2, -0.15) is 13.9 Å². The molecule has 0 N–H and O–H groups in total. The van der Waals surface area contributed by atoms with Crippen LogP contribution in [0.3, 0.4) is 0 Å². The zero-order chi connectivity index (χ0) is 16.1. The highest BCUT2D eigenvalue weighted by Gasteiger charge is 2.13. The van der Waals surface area contributed by atoms with Gasteiger partial charge in [0.05, 0.1) is 19.3 Å². The summed E-state index contributed by atoms with van der Waals surface area (Å²) in [5.74, 6) is 0.295. The normalized spacial score (nSPS) is 10.8. The molecular weight excluding hydrogens is 294 g/mol. The van der Waals surface area contributed by atoms with Crippen molar-refractivity contribution in [2.45, 2.75) is 26.5 Å². The second-order valence-electron chi connectivity index (χ2n) is 4.54. The highest BCUT2D eigenvalue weighted by Crippen LogP contribution is 2.13. The van der Waals surface area contributed by atoms with Gasteiger partial charge in [0.15, 0.2) is 5.75 Å². The number of hydrogen-bond acceptors (Lipinski definition) is 4. The number of ether oxygens (including phenoxy) is 2. The van der Waals surface area contributed by atoms with E-state index >= 15 is 0 Å². The van der Waals surface area contributed by atoms with Crippen molar-refractivity contribution >= 4 is 0 Å². The third-order valence-electron chi connectivity index (χ3n) is 3.06. The van der Waals surface area contributed by atoms with Crippen molar-refractivity contribution in [3.8, 4) is 11.5 Å². The standard InChI is InChI=1S/C15H16F2N2O3/c1-3-11-8-13(22-15(16)17)14(20)19(18-11)9-10-4-6-12(21-2)7-5-10/h4-8,15H,3,9H2,1-2H3. The summed E-state index contributed by atoms with van der Waals surface area (Å²) < 4.78 is 35.2. The molecule has 1 heterocycles. The first-order valence-electron chi connectivity index (χ1n) is 6.72. The minimum Gasteiger partial charge on any atom is -0.497 e. The lowest BCUT2D eigenvalue weighted by Crippen LogP contribution is -2.27. The fraction of sp³-hybridized carbons (Fsp3) is 0.333. The Labute approximate surface area is 126 Å². The van der Waals surface area contributed by atoms with Crippen molar-refractivity contribution in [3.05, 3.63) is 51.9 Å². The Hall–Kier alpha value is -2.44. The van der Waals surface area contributed by atoms with E-state index in [9.17, 15) is 13.6 Å². The Kier molecular flexibility index (Phi) is 5.08. The molecule has 0 atom stereocenters. The molecule has 0 aliphatic carbocycles. The maximum absolute atomic E-state index is 12.4. The highest BCUT2D eigenvalue weighted by molar-refractivity contribution is 5.28. The fourth-order valence-corrected chi connectivity index (χ4v) is 1.93. The molecule has 0 unspecified atom stereocenters. The quantitative estimate of drug-likeness (QED) is 0.822. The molecule has 0 saturated carbocycles. The fourth-order valence-electron chi connectivity index (χ4n) is 1.93. The van der Waals surface area contributed by atoms with Gasteiger partial charge in [0.25, 0.3) is 0 Å². The lowest BCUT2D eigenvalue weighted by molar-refractivity contribution is -0.0513. The Bertz CT molecular complexity index is 684. The molecule has 0 saturated heterocycles. The number of benzene rings is 1. The molecule has 2 aromatic rings. The smallest absolute Gasteiger partial charge is 0.387 e. The zero-order valence-electron chi connectivity index (χ0n) is 12.3. The lowest BCUT2D eigenvalue weighted by Gasteiger charge is -2.11. The van der Waals surface area contributed by atoms with Gasteiger partial charge in [-0.3, -0.25) is 4.79 Å². The predicted octanol–water partition coefficient (Wildman–Crippen LogP) is 2.46. The van der Waals surface area contributed by atoms with E-state index in [2.05, 4.69) is 9.84 Å². The van der Waals surface area contributed by atoms with Crippen molar-refractivity contribution < 1.29 is 18.3 Å². The molecule has 2 rings (SSSR count). The molecule has 1 aromatic heterocycles. The predicted molar refractivity (Wildman–Crippen MR) is 76.6 cm³/mol. The summed E-state index contributed by atoms with van der Waals surface area (Å²) in [6, 6.07) is 8.30. The number of hydrogen-bond donors (Lipinski definition) is 0. The van der Waals surface area contributed by atoms with Crippen LogP contribution < -0.4 is 15.0 Å². The number of alkyl halides is 2. The first-order valence-corrected chi connectivity index (χ1v) is 6.72. The molecule has 0 fully saturated rings. The number of aryl methyl sites for hydroxylation is 1. The Morgan fingerprint density at radius 1 is 1.27 bits per heavy atom. The van der Waals surface area contributed by atoms with Gasteiger partial charge in [0, 0.05) is 6.07 Å². The Balaban J connectivity index is 2.34. The number of methoxy groups -OCH3 is 1. The van der Waals surface area contributed by atoms with Crippen molar-refractivity contribution in [3.63, 3.8) is 0 Å². The summed E-state index contributed by atoms with van der Waals surface area (Å²) in [5.41, 5.74) is 0.615. The molecule has 118 valence electrons. The molecule has 1 aromatic carbocycles. The highest BCUT2D eigenvalue weighted by atomic mass is 19.3. The van der Waals surface area contributed by atoms with Crippen LogP contribution in [0.4, 0.5) is 8.78 Å². The maximum atomic E-state index is 12.4. The summed E-state index contributed by atoms with van der Waals surface area (Å²) in [6.45, 7) is -1.07. The molecular formula is C15H16F2N2O3. The van der Waals surface area contributed by atoms with Gasteiger partial charge >= 0.3 is 12.2 Å². The van der Waals surface area contributed by atoms with Crippen LogP contribution >= 0.6 is 0 Å². The first-order chi connectivity index (χ1) is 10.5. The third kappa shape index (κ3) is 3.81. The molecule has 0 radical (unpaired) electrons. The Morgan fingerprint density at radius 3 is 2.50 bits per heavy atom. The lowest BCUT2D eigenvalue weighted by atomic mass is 10.2. The van der Waals surface area contributed by atoms with Gasteiger partial charge in [0.1, 0.15) is 5.75 Å². The van der Waals surface area contributed by atoms with Crippen LogP contribution in [0.2, 0.25) is 0 Å². The second kappa shape index (κ2) is 7.02. The van der Waals surface area contributed by atoms with Crippen LogP contribution in [0.15, 0.2) is 35.1 Å². The summed E-state index contributed by atoms with van der Waals surface area (Å²) in [4.78, 5) is 12.1. The van der Waals surface area contributed by atoms with Crippen molar-refractivity contribution in [1.82, 2.24) is 9.78 Å². The van der Waals surface area contributed by atoms with E-state index in [1.807, 2.05) is 6.92 Å². The summed E-state index contributed by atoms with van der Waals surface area (Å²) >= 11 is 0. The van der Waals surface area contributed by atoms with Gasteiger partial charge < -0.3 is 9.47 Å². The van der Waals surface area contributed by atoms with E-state index in [4.69, 9.17) is 4.74 Å². The van der Waals surface area contributed by atoms with Crippen LogP contribution in [0, 0.1) is 0 Å². The van der Waals surface area contributed by atoms with E-state index in [1.165, 1.54) is 6.07 Å². The van der Waals surface area contributed by atoms with Crippen molar-refractivity contribution in [2.24, 2.45) is 0 Å². The maximum Gasteiger partial charge on any atom is 0.387 e. The largest absolute Gasteiger partial charge is 0.497 e. The van der Waals surface area contributed by atoms with Gasteiger partial charge in [-0.1, -0.05) is 19.1 Å². The SMILES string of the molecule is CCc1cc(OC(F)F)c(=O)n(Cc2ccc(OC)cc2)n1. The van der Waals surface area contributed by atoms with Crippen LogP contribution in [0.5, 0.6) is 11.5 Å². The molecule has 7 heteroatoms. The van der Waals surface area contributed by atoms with Crippen LogP contribution in [-0.2, 0) is 13.0 Å². The second-order valence-corrected chi connectivity index (χ2v) is 4.54. The minimum absolute atomic E-state index is 0.163. The number of rotatable bonds is 6. The molecule has 5 nitrogen and oxygen atoms in total. The first kappa shape index (κ1) is 15.9. The van der Waals surface area contributed by atoms with Gasteiger partial charge in [0.2, 0.25) is 0 Å².